The normalized spacial score (nSPS) is 18.1. The number of likely N-dealkylation sites (tertiary alicyclic amines) is 1. The smallest absolute Gasteiger partial charge is 0.254 e. The zero-order chi connectivity index (χ0) is 19.8. The van der Waals surface area contributed by atoms with Crippen LogP contribution in [0.25, 0.3) is 5.69 Å². The van der Waals surface area contributed by atoms with Gasteiger partial charge in [-0.2, -0.15) is 5.10 Å². The van der Waals surface area contributed by atoms with Gasteiger partial charge in [0.2, 0.25) is 0 Å². The Morgan fingerprint density at radius 2 is 1.83 bits per heavy atom. The average Bonchev–Trinajstić information content (AvgIpc) is 3.42. The van der Waals surface area contributed by atoms with E-state index in [1.165, 1.54) is 0 Å². The first-order chi connectivity index (χ1) is 14.2. The Morgan fingerprint density at radius 3 is 2.59 bits per heavy atom. The molecule has 1 saturated heterocycles. The molecule has 2 aliphatic heterocycles. The van der Waals surface area contributed by atoms with Crippen LogP contribution < -0.4 is 9.47 Å². The van der Waals surface area contributed by atoms with Gasteiger partial charge in [0, 0.05) is 24.0 Å². The average molecular weight is 389 g/mol. The first kappa shape index (κ1) is 17.8. The molecule has 0 saturated carbocycles. The second-order valence-corrected chi connectivity index (χ2v) is 7.49. The van der Waals surface area contributed by atoms with Crippen molar-refractivity contribution in [3.8, 4) is 17.2 Å². The molecule has 1 amide bonds. The molecule has 0 bridgehead atoms. The Balaban J connectivity index is 1.38. The Kier molecular flexibility index (Phi) is 4.46. The van der Waals surface area contributed by atoms with Gasteiger partial charge in [-0.25, -0.2) is 4.68 Å². The second-order valence-electron chi connectivity index (χ2n) is 7.49. The fourth-order valence-electron chi connectivity index (χ4n) is 4.17. The van der Waals surface area contributed by atoms with Crippen molar-refractivity contribution < 1.29 is 14.3 Å². The number of hydrogen-bond acceptors (Lipinski definition) is 4. The van der Waals surface area contributed by atoms with Gasteiger partial charge in [-0.05, 0) is 67.8 Å². The van der Waals surface area contributed by atoms with Gasteiger partial charge in [0.05, 0.1) is 11.7 Å². The summed E-state index contributed by atoms with van der Waals surface area (Å²) in [5.41, 5.74) is 3.81. The van der Waals surface area contributed by atoms with E-state index in [-0.39, 0.29) is 11.9 Å². The fraction of sp³-hybridized carbons (Fsp3) is 0.304. The molecule has 1 fully saturated rings. The molecule has 0 unspecified atom stereocenters. The molecule has 1 aromatic heterocycles. The molecule has 0 radical (unpaired) electrons. The molecule has 3 aromatic rings. The van der Waals surface area contributed by atoms with Gasteiger partial charge in [-0.15, -0.1) is 0 Å². The lowest BCUT2D eigenvalue weighted by Crippen LogP contribution is -2.30. The number of carbonyl (C=O) groups excluding carboxylic acids is 1. The predicted octanol–water partition coefficient (Wildman–Crippen LogP) is 3.93. The molecule has 0 spiro atoms. The minimum absolute atomic E-state index is 0.0612. The fourth-order valence-corrected chi connectivity index (χ4v) is 4.17. The number of hydrogen-bond donors (Lipinski definition) is 0. The summed E-state index contributed by atoms with van der Waals surface area (Å²) in [7, 11) is 0. The van der Waals surface area contributed by atoms with Crippen LogP contribution in [0.1, 0.15) is 40.5 Å². The van der Waals surface area contributed by atoms with Gasteiger partial charge in [0.1, 0.15) is 13.2 Å². The quantitative estimate of drug-likeness (QED) is 0.681. The zero-order valence-corrected chi connectivity index (χ0v) is 16.4. The van der Waals surface area contributed by atoms with E-state index in [1.54, 1.807) is 6.20 Å². The summed E-state index contributed by atoms with van der Waals surface area (Å²) in [6.07, 6.45) is 3.72. The number of aromatic nitrogens is 2. The summed E-state index contributed by atoms with van der Waals surface area (Å²) in [6.45, 7) is 3.91. The van der Waals surface area contributed by atoms with Gasteiger partial charge in [0.25, 0.3) is 5.91 Å². The molecule has 6 heteroatoms. The van der Waals surface area contributed by atoms with Crippen LogP contribution in [0.5, 0.6) is 11.5 Å². The maximum atomic E-state index is 13.2. The lowest BCUT2D eigenvalue weighted by molar-refractivity contribution is 0.0735. The summed E-state index contributed by atoms with van der Waals surface area (Å²) >= 11 is 0. The largest absolute Gasteiger partial charge is 0.486 e. The molecule has 6 nitrogen and oxygen atoms in total. The van der Waals surface area contributed by atoms with Crippen molar-refractivity contribution in [3.63, 3.8) is 0 Å². The third-order valence-electron chi connectivity index (χ3n) is 5.66. The van der Waals surface area contributed by atoms with Crippen LogP contribution in [0.4, 0.5) is 0 Å². The number of fused-ring (bicyclic) bond motifs is 1. The minimum atomic E-state index is 0.0612. The van der Waals surface area contributed by atoms with E-state index < -0.39 is 0 Å². The van der Waals surface area contributed by atoms with Crippen molar-refractivity contribution in [2.45, 2.75) is 25.8 Å². The molecule has 0 N–H and O–H groups in total. The molecule has 3 heterocycles. The first-order valence-electron chi connectivity index (χ1n) is 10.0. The molecule has 1 atom stereocenters. The number of aryl methyl sites for hydroxylation is 1. The third kappa shape index (κ3) is 3.24. The van der Waals surface area contributed by atoms with Gasteiger partial charge in [0.15, 0.2) is 11.5 Å². The molecule has 29 heavy (non-hydrogen) atoms. The van der Waals surface area contributed by atoms with Crippen LogP contribution >= 0.6 is 0 Å². The van der Waals surface area contributed by atoms with Crippen molar-refractivity contribution in [2.75, 3.05) is 19.8 Å². The standard InChI is InChI=1S/C23H23N3O3/c1-16-10-11-24-26(16)19-7-4-17(5-8-19)23(27)25-12-2-3-20(25)18-6-9-21-22(15-18)29-14-13-28-21/h4-11,15,20H,2-3,12-14H2,1H3/t20-/m0/s1. The van der Waals surface area contributed by atoms with Crippen molar-refractivity contribution in [3.05, 3.63) is 71.5 Å². The highest BCUT2D eigenvalue weighted by Gasteiger charge is 2.31. The maximum absolute atomic E-state index is 13.2. The number of carbonyl (C=O) groups is 1. The summed E-state index contributed by atoms with van der Waals surface area (Å²) < 4.78 is 13.2. The third-order valence-corrected chi connectivity index (χ3v) is 5.66. The number of ether oxygens (including phenoxy) is 2. The van der Waals surface area contributed by atoms with Crippen LogP contribution in [0.2, 0.25) is 0 Å². The molecule has 5 rings (SSSR count). The van der Waals surface area contributed by atoms with E-state index in [9.17, 15) is 4.79 Å². The highest BCUT2D eigenvalue weighted by atomic mass is 16.6. The van der Waals surface area contributed by atoms with E-state index >= 15 is 0 Å². The van der Waals surface area contributed by atoms with Crippen molar-refractivity contribution in [1.29, 1.82) is 0 Å². The molecule has 2 aromatic carbocycles. The topological polar surface area (TPSA) is 56.6 Å². The Morgan fingerprint density at radius 1 is 1.03 bits per heavy atom. The minimum Gasteiger partial charge on any atom is -0.486 e. The van der Waals surface area contributed by atoms with E-state index in [0.717, 1.165) is 47.8 Å². The van der Waals surface area contributed by atoms with E-state index in [2.05, 4.69) is 5.10 Å². The summed E-state index contributed by atoms with van der Waals surface area (Å²) in [6, 6.07) is 15.7. The first-order valence-corrected chi connectivity index (χ1v) is 10.0. The molecule has 2 aliphatic rings. The lowest BCUT2D eigenvalue weighted by atomic mass is 10.0. The number of rotatable bonds is 3. The van der Waals surface area contributed by atoms with Gasteiger partial charge < -0.3 is 14.4 Å². The number of nitrogens with zero attached hydrogens (tertiary/aromatic N) is 3. The van der Waals surface area contributed by atoms with Crippen LogP contribution in [0.3, 0.4) is 0 Å². The molecular formula is C23H23N3O3. The number of amides is 1. The van der Waals surface area contributed by atoms with Crippen molar-refractivity contribution >= 4 is 5.91 Å². The Hall–Kier alpha value is -3.28. The van der Waals surface area contributed by atoms with Crippen LogP contribution in [0, 0.1) is 6.92 Å². The summed E-state index contributed by atoms with van der Waals surface area (Å²) in [4.78, 5) is 15.2. The summed E-state index contributed by atoms with van der Waals surface area (Å²) in [5, 5.41) is 4.32. The predicted molar refractivity (Wildman–Crippen MR) is 109 cm³/mol. The maximum Gasteiger partial charge on any atom is 0.254 e. The van der Waals surface area contributed by atoms with E-state index in [0.29, 0.717) is 18.8 Å². The van der Waals surface area contributed by atoms with Crippen LogP contribution in [0.15, 0.2) is 54.7 Å². The second kappa shape index (κ2) is 7.28. The zero-order valence-electron chi connectivity index (χ0n) is 16.4. The van der Waals surface area contributed by atoms with Crippen LogP contribution in [-0.2, 0) is 0 Å². The Bertz CT molecular complexity index is 1040. The van der Waals surface area contributed by atoms with Gasteiger partial charge in [-0.3, -0.25) is 4.79 Å². The van der Waals surface area contributed by atoms with Gasteiger partial charge >= 0.3 is 0 Å². The van der Waals surface area contributed by atoms with Crippen molar-refractivity contribution in [1.82, 2.24) is 14.7 Å². The van der Waals surface area contributed by atoms with Crippen LogP contribution in [-0.4, -0.2) is 40.3 Å². The Labute approximate surface area is 169 Å². The van der Waals surface area contributed by atoms with Crippen molar-refractivity contribution in [2.24, 2.45) is 0 Å². The molecule has 0 aliphatic carbocycles. The van der Waals surface area contributed by atoms with Gasteiger partial charge in [-0.1, -0.05) is 6.07 Å². The summed E-state index contributed by atoms with van der Waals surface area (Å²) in [5.74, 6) is 1.61. The monoisotopic (exact) mass is 389 g/mol. The van der Waals surface area contributed by atoms with E-state index in [1.807, 2.05) is 65.0 Å². The lowest BCUT2D eigenvalue weighted by Gasteiger charge is -2.27. The highest BCUT2D eigenvalue weighted by molar-refractivity contribution is 5.95. The molecule has 148 valence electrons. The highest BCUT2D eigenvalue weighted by Crippen LogP contribution is 2.38. The molecular weight excluding hydrogens is 366 g/mol. The number of benzene rings is 2. The SMILES string of the molecule is Cc1ccnn1-c1ccc(C(=O)N2CCC[C@H]2c2ccc3c(c2)OCCO3)cc1. The van der Waals surface area contributed by atoms with E-state index in [4.69, 9.17) is 9.47 Å².